The van der Waals surface area contributed by atoms with Gasteiger partial charge in [-0.25, -0.2) is 0 Å². The second-order valence-electron chi connectivity index (χ2n) is 5.14. The lowest BCUT2D eigenvalue weighted by Gasteiger charge is -2.23. The minimum atomic E-state index is -0.0487. The Bertz CT molecular complexity index is 331. The molecule has 0 amide bonds. The smallest absolute Gasteiger partial charge is 0.226 e. The zero-order chi connectivity index (χ0) is 12.1. The fourth-order valence-electron chi connectivity index (χ4n) is 2.62. The zero-order valence-electron chi connectivity index (χ0n) is 10.7. The summed E-state index contributed by atoms with van der Waals surface area (Å²) in [6, 6.07) is -0.0487. The van der Waals surface area contributed by atoms with E-state index in [4.69, 9.17) is 10.3 Å². The fraction of sp³-hybridized carbons (Fsp3) is 0.846. The van der Waals surface area contributed by atoms with Gasteiger partial charge in [-0.1, -0.05) is 44.2 Å². The number of nitrogens with two attached hydrogens (primary N) is 1. The van der Waals surface area contributed by atoms with E-state index in [0.29, 0.717) is 5.82 Å². The van der Waals surface area contributed by atoms with E-state index in [9.17, 15) is 0 Å². The van der Waals surface area contributed by atoms with Crippen molar-refractivity contribution in [1.82, 2.24) is 10.1 Å². The van der Waals surface area contributed by atoms with Gasteiger partial charge in [-0.15, -0.1) is 0 Å². The molecule has 0 aliphatic heterocycles. The second kappa shape index (κ2) is 6.15. The van der Waals surface area contributed by atoms with E-state index in [0.717, 1.165) is 31.1 Å². The van der Waals surface area contributed by atoms with Crippen LogP contribution in [0.25, 0.3) is 0 Å². The molecule has 4 heteroatoms. The maximum atomic E-state index is 6.15. The Kier molecular flexibility index (Phi) is 4.54. The molecule has 1 heterocycles. The normalized spacial score (nSPS) is 19.4. The highest BCUT2D eigenvalue weighted by atomic mass is 16.5. The highest BCUT2D eigenvalue weighted by Gasteiger charge is 2.20. The number of nitrogens with zero attached hydrogens (tertiary/aromatic N) is 2. The van der Waals surface area contributed by atoms with Crippen molar-refractivity contribution in [2.75, 3.05) is 0 Å². The zero-order valence-corrected chi connectivity index (χ0v) is 10.7. The summed E-state index contributed by atoms with van der Waals surface area (Å²) in [5, 5.41) is 3.99. The van der Waals surface area contributed by atoms with E-state index < -0.39 is 0 Å². The number of hydrogen-bond donors (Lipinski definition) is 1. The summed E-state index contributed by atoms with van der Waals surface area (Å²) >= 11 is 0. The Labute approximate surface area is 103 Å². The molecule has 1 unspecified atom stereocenters. The van der Waals surface area contributed by atoms with Crippen LogP contribution in [0.1, 0.15) is 69.6 Å². The van der Waals surface area contributed by atoms with E-state index in [1.807, 2.05) is 0 Å². The molecule has 1 saturated carbocycles. The summed E-state index contributed by atoms with van der Waals surface area (Å²) in [4.78, 5) is 4.36. The van der Waals surface area contributed by atoms with Gasteiger partial charge in [0.05, 0.1) is 6.04 Å². The number of aromatic nitrogens is 2. The summed E-state index contributed by atoms with van der Waals surface area (Å²) in [7, 11) is 0. The Morgan fingerprint density at radius 3 is 2.82 bits per heavy atom. The van der Waals surface area contributed by atoms with Crippen LogP contribution >= 0.6 is 0 Å². The Morgan fingerprint density at radius 1 is 1.35 bits per heavy atom. The first-order chi connectivity index (χ1) is 8.29. The van der Waals surface area contributed by atoms with Crippen molar-refractivity contribution >= 4 is 0 Å². The molecule has 1 aromatic rings. The minimum Gasteiger partial charge on any atom is -0.339 e. The highest BCUT2D eigenvalue weighted by molar-refractivity contribution is 4.94. The van der Waals surface area contributed by atoms with Gasteiger partial charge in [0.1, 0.15) is 0 Å². The van der Waals surface area contributed by atoms with E-state index in [-0.39, 0.29) is 6.04 Å². The van der Waals surface area contributed by atoms with Crippen molar-refractivity contribution < 1.29 is 4.52 Å². The Balaban J connectivity index is 1.86. The van der Waals surface area contributed by atoms with Crippen LogP contribution in [0.4, 0.5) is 0 Å². The second-order valence-corrected chi connectivity index (χ2v) is 5.14. The molecule has 1 aliphatic carbocycles. The van der Waals surface area contributed by atoms with Gasteiger partial charge in [0.2, 0.25) is 5.89 Å². The van der Waals surface area contributed by atoms with Crippen molar-refractivity contribution in [3.63, 3.8) is 0 Å². The topological polar surface area (TPSA) is 64.9 Å². The average Bonchev–Trinajstić information content (AvgIpc) is 2.79. The molecular formula is C13H23N3O. The molecule has 0 radical (unpaired) electrons. The molecular weight excluding hydrogens is 214 g/mol. The Hall–Kier alpha value is -0.900. The van der Waals surface area contributed by atoms with E-state index in [2.05, 4.69) is 17.1 Å². The van der Waals surface area contributed by atoms with Crippen LogP contribution in [-0.2, 0) is 6.42 Å². The van der Waals surface area contributed by atoms with Crippen LogP contribution in [0.2, 0.25) is 0 Å². The number of rotatable bonds is 5. The fourth-order valence-corrected chi connectivity index (χ4v) is 2.62. The molecule has 0 aromatic carbocycles. The van der Waals surface area contributed by atoms with Gasteiger partial charge in [-0.3, -0.25) is 0 Å². The molecule has 96 valence electrons. The summed E-state index contributed by atoms with van der Waals surface area (Å²) in [5.41, 5.74) is 6.15. The Morgan fingerprint density at radius 2 is 2.12 bits per heavy atom. The first-order valence-corrected chi connectivity index (χ1v) is 6.87. The van der Waals surface area contributed by atoms with Gasteiger partial charge in [-0.2, -0.15) is 4.98 Å². The van der Waals surface area contributed by atoms with Crippen molar-refractivity contribution in [3.05, 3.63) is 11.7 Å². The standard InChI is InChI=1S/C13H23N3O/c1-2-6-12-15-13(16-17-12)11(14)9-10-7-4-3-5-8-10/h10-11H,2-9,14H2,1H3. The maximum absolute atomic E-state index is 6.15. The van der Waals surface area contributed by atoms with Crippen LogP contribution in [0.5, 0.6) is 0 Å². The molecule has 0 saturated heterocycles. The predicted octanol–water partition coefficient (Wildman–Crippen LogP) is 2.99. The van der Waals surface area contributed by atoms with Gasteiger partial charge in [-0.05, 0) is 18.8 Å². The van der Waals surface area contributed by atoms with E-state index in [1.165, 1.54) is 32.1 Å². The summed E-state index contributed by atoms with van der Waals surface area (Å²) < 4.78 is 5.17. The van der Waals surface area contributed by atoms with E-state index >= 15 is 0 Å². The molecule has 1 aliphatic rings. The van der Waals surface area contributed by atoms with Gasteiger partial charge >= 0.3 is 0 Å². The van der Waals surface area contributed by atoms with Crippen molar-refractivity contribution in [2.45, 2.75) is 64.3 Å². The van der Waals surface area contributed by atoms with Crippen molar-refractivity contribution in [3.8, 4) is 0 Å². The molecule has 0 spiro atoms. The predicted molar refractivity (Wildman–Crippen MR) is 66.4 cm³/mol. The van der Waals surface area contributed by atoms with Crippen molar-refractivity contribution in [2.24, 2.45) is 11.7 Å². The molecule has 2 N–H and O–H groups in total. The van der Waals surface area contributed by atoms with Gasteiger partial charge in [0.25, 0.3) is 0 Å². The lowest BCUT2D eigenvalue weighted by molar-refractivity contribution is 0.310. The minimum absolute atomic E-state index is 0.0487. The molecule has 1 fully saturated rings. The van der Waals surface area contributed by atoms with Crippen molar-refractivity contribution in [1.29, 1.82) is 0 Å². The molecule has 1 atom stereocenters. The lowest BCUT2D eigenvalue weighted by atomic mass is 9.85. The number of aryl methyl sites for hydroxylation is 1. The van der Waals surface area contributed by atoms with Gasteiger partial charge in [0.15, 0.2) is 5.82 Å². The lowest BCUT2D eigenvalue weighted by Crippen LogP contribution is -2.18. The van der Waals surface area contributed by atoms with Crippen LogP contribution < -0.4 is 5.73 Å². The summed E-state index contributed by atoms with van der Waals surface area (Å²) in [5.74, 6) is 2.17. The van der Waals surface area contributed by atoms with Crippen LogP contribution in [0.3, 0.4) is 0 Å². The SMILES string of the molecule is CCCc1nc(C(N)CC2CCCCC2)no1. The first-order valence-electron chi connectivity index (χ1n) is 6.87. The number of hydrogen-bond acceptors (Lipinski definition) is 4. The van der Waals surface area contributed by atoms with Crippen LogP contribution in [0, 0.1) is 5.92 Å². The molecule has 0 bridgehead atoms. The monoisotopic (exact) mass is 237 g/mol. The van der Waals surface area contributed by atoms with Crippen LogP contribution in [-0.4, -0.2) is 10.1 Å². The molecule has 17 heavy (non-hydrogen) atoms. The third kappa shape index (κ3) is 3.53. The molecule has 1 aromatic heterocycles. The quantitative estimate of drug-likeness (QED) is 0.855. The highest BCUT2D eigenvalue weighted by Crippen LogP contribution is 2.30. The average molecular weight is 237 g/mol. The molecule has 2 rings (SSSR count). The van der Waals surface area contributed by atoms with E-state index in [1.54, 1.807) is 0 Å². The largest absolute Gasteiger partial charge is 0.339 e. The summed E-state index contributed by atoms with van der Waals surface area (Å²) in [6.45, 7) is 2.10. The molecule has 4 nitrogen and oxygen atoms in total. The van der Waals surface area contributed by atoms with Gasteiger partial charge < -0.3 is 10.3 Å². The van der Waals surface area contributed by atoms with Gasteiger partial charge in [0, 0.05) is 6.42 Å². The summed E-state index contributed by atoms with van der Waals surface area (Å²) in [6.07, 6.45) is 9.60. The first kappa shape index (κ1) is 12.6. The third-order valence-electron chi connectivity index (χ3n) is 3.59. The van der Waals surface area contributed by atoms with Crippen LogP contribution in [0.15, 0.2) is 4.52 Å². The third-order valence-corrected chi connectivity index (χ3v) is 3.59. The maximum Gasteiger partial charge on any atom is 0.226 e.